The van der Waals surface area contributed by atoms with Gasteiger partial charge in [-0.2, -0.15) is 0 Å². The summed E-state index contributed by atoms with van der Waals surface area (Å²) in [5.74, 6) is 1.02. The van der Waals surface area contributed by atoms with E-state index in [0.29, 0.717) is 167 Å². The fraction of sp³-hybridized carbons (Fsp3) is 0.526. The van der Waals surface area contributed by atoms with Crippen LogP contribution >= 0.6 is 149 Å². The second-order valence-electron chi connectivity index (χ2n) is 25.5. The highest BCUT2D eigenvalue weighted by molar-refractivity contribution is 8.15. The van der Waals surface area contributed by atoms with Crippen molar-refractivity contribution < 1.29 is 93.7 Å². The largest absolute Gasteiger partial charge is 0.352 e. The number of halogens is 2. The number of hydrogen-bond donors (Lipinski definition) is 4. The first-order valence-electron chi connectivity index (χ1n) is 36.4. The van der Waals surface area contributed by atoms with Crippen molar-refractivity contribution in [3.63, 3.8) is 0 Å². The van der Waals surface area contributed by atoms with Gasteiger partial charge in [-0.15, -0.1) is 0 Å². The number of thioether (sulfide) groups is 8. The molecule has 0 saturated heterocycles. The van der Waals surface area contributed by atoms with E-state index >= 15 is 0 Å². The van der Waals surface area contributed by atoms with Gasteiger partial charge in [0.2, 0.25) is 0 Å². The first kappa shape index (κ1) is 111. The number of nitrogens with one attached hydrogen (secondary N) is 4. The summed E-state index contributed by atoms with van der Waals surface area (Å²) >= 11 is 20.3. The van der Waals surface area contributed by atoms with Crippen molar-refractivity contribution in [3.8, 4) is 0 Å². The van der Waals surface area contributed by atoms with Crippen LogP contribution in [0, 0.1) is 0 Å². The van der Waals surface area contributed by atoms with Gasteiger partial charge in [-0.25, -0.2) is 9.34 Å². The third-order valence-corrected chi connectivity index (χ3v) is 27.4. The highest BCUT2D eigenvalue weighted by Crippen LogP contribution is 2.47. The van der Waals surface area contributed by atoms with Crippen LogP contribution in [0.1, 0.15) is 200 Å². The molecule has 4 atom stereocenters. The standard InChI is InChI=1S/C23H37N2O5PS2.C21H33N2O5PS2.C17H23ClNO5PS2.C15H19ClNO5PS2/c1-16(2)25(17(3)4)31(29-7)30-10-8-9-24-23(28)22-12-20(14-32-18(5)26)11-21(13-22)15-33-19(6)27;1-14(2)23(15(3)4)29(27-7)28-10-8-9-22-21(26)18-11-19(30-16(5)24)13-20(12-18)31-17(6)25;1-12(20)26-10-14-7-15(11-27-13(2)21)9-16(8-14)17(22)19-5-4-6-24-25(18)23-3;1-10(18)24-13-7-12(8-14(9-13)25-11(2)19)15(20)17-5-4-6-22-23(16)21-3/h11-13,16-17H,8-10,14-15H2,1-7H3,(H,24,28);11-15H,8-10H2,1-7H3,(H,22,26);7-9H,4-6,10-11H2,1-3H3,(H,19,22);7-9H,4-6H2,1-3H3,(H,17,20). The Morgan fingerprint density at radius 1 is 0.319 bits per heavy atom. The van der Waals surface area contributed by atoms with Gasteiger partial charge in [0.1, 0.15) is 0 Å². The molecule has 4 unspecified atom stereocenters. The van der Waals surface area contributed by atoms with E-state index in [2.05, 4.69) is 86.0 Å². The summed E-state index contributed by atoms with van der Waals surface area (Å²) in [5, 5.41) is 11.1. The first-order chi connectivity index (χ1) is 54.7. The summed E-state index contributed by atoms with van der Waals surface area (Å²) < 4.78 is 47.4. The molecule has 0 spiro atoms. The summed E-state index contributed by atoms with van der Waals surface area (Å²) in [6.07, 6.45) is 2.48. The molecule has 0 aliphatic heterocycles. The first-order valence-corrected chi connectivity index (χ1v) is 50.1. The van der Waals surface area contributed by atoms with Crippen molar-refractivity contribution in [3.05, 3.63) is 117 Å². The molecule has 4 aromatic rings. The Morgan fingerprint density at radius 2 is 0.534 bits per heavy atom. The highest BCUT2D eigenvalue weighted by atomic mass is 35.7. The van der Waals surface area contributed by atoms with Gasteiger partial charge in [0, 0.05) is 199 Å². The van der Waals surface area contributed by atoms with E-state index in [4.69, 9.17) is 58.7 Å². The molecule has 648 valence electrons. The van der Waals surface area contributed by atoms with Crippen LogP contribution in [0.25, 0.3) is 0 Å². The lowest BCUT2D eigenvalue weighted by atomic mass is 10.1. The number of nitrogens with zero attached hydrogens (tertiary/aromatic N) is 2. The maximum atomic E-state index is 12.7. The minimum atomic E-state index is -1.39. The molecule has 0 radical (unpaired) electrons. The molecule has 116 heavy (non-hydrogen) atoms. The van der Waals surface area contributed by atoms with Gasteiger partial charge in [0.25, 0.3) is 56.1 Å². The molecule has 0 fully saturated rings. The van der Waals surface area contributed by atoms with Crippen LogP contribution in [-0.2, 0) is 97.6 Å². The number of hydrogen-bond acceptors (Lipinski definition) is 30. The monoisotopic (exact) mass is 1880 g/mol. The van der Waals surface area contributed by atoms with Gasteiger partial charge in [-0.05, 0) is 186 Å². The van der Waals surface area contributed by atoms with Gasteiger partial charge in [0.05, 0.1) is 26.4 Å². The van der Waals surface area contributed by atoms with Crippen molar-refractivity contribution in [2.75, 3.05) is 81.0 Å². The Balaban J connectivity index is 0.000000777. The summed E-state index contributed by atoms with van der Waals surface area (Å²) in [4.78, 5) is 143. The van der Waals surface area contributed by atoms with E-state index in [-0.39, 0.29) is 64.6 Å². The smallest absolute Gasteiger partial charge is 0.276 e. The fourth-order valence-corrected chi connectivity index (χ4v) is 18.9. The number of rotatable bonds is 46. The molecule has 4 amide bonds. The van der Waals surface area contributed by atoms with E-state index in [1.54, 1.807) is 74.9 Å². The molecular formula is C76H112Cl2N6O20P4S8. The van der Waals surface area contributed by atoms with Crippen LogP contribution in [0.4, 0.5) is 0 Å². The maximum absolute atomic E-state index is 12.7. The molecule has 4 aromatic carbocycles. The van der Waals surface area contributed by atoms with E-state index in [1.807, 2.05) is 12.1 Å². The maximum Gasteiger partial charge on any atom is 0.276 e. The van der Waals surface area contributed by atoms with Crippen LogP contribution in [0.5, 0.6) is 0 Å². The van der Waals surface area contributed by atoms with Crippen molar-refractivity contribution >= 4 is 214 Å². The Bertz CT molecular complexity index is 3640. The topological polar surface area (TPSA) is 333 Å². The molecule has 0 bridgehead atoms. The number of benzene rings is 4. The minimum Gasteiger partial charge on any atom is -0.352 e. The van der Waals surface area contributed by atoms with Crippen LogP contribution in [0.3, 0.4) is 0 Å². The van der Waals surface area contributed by atoms with Crippen LogP contribution in [0.2, 0.25) is 0 Å². The number of amides is 4. The Kier molecular flexibility index (Phi) is 60.9. The zero-order valence-corrected chi connectivity index (χ0v) is 81.0. The Labute approximate surface area is 733 Å². The zero-order chi connectivity index (χ0) is 87.6. The van der Waals surface area contributed by atoms with Crippen molar-refractivity contribution in [1.29, 1.82) is 0 Å². The molecule has 0 heterocycles. The van der Waals surface area contributed by atoms with Crippen LogP contribution < -0.4 is 21.3 Å². The van der Waals surface area contributed by atoms with Gasteiger partial charge in [-0.3, -0.25) is 57.5 Å². The molecule has 4 rings (SSSR count). The fourth-order valence-electron chi connectivity index (χ4n) is 9.71. The predicted octanol–water partition coefficient (Wildman–Crippen LogP) is 19.2. The second kappa shape index (κ2) is 63.7. The normalized spacial score (nSPS) is 12.2. The lowest BCUT2D eigenvalue weighted by Gasteiger charge is -2.34. The summed E-state index contributed by atoms with van der Waals surface area (Å²) in [7, 11) is 1.17. The zero-order valence-electron chi connectivity index (χ0n) is 69.4. The lowest BCUT2D eigenvalue weighted by Crippen LogP contribution is -2.33. The quantitative estimate of drug-likeness (QED) is 0.0181. The molecular weight excluding hydrogens is 1770 g/mol. The molecule has 0 aliphatic carbocycles. The van der Waals surface area contributed by atoms with Gasteiger partial charge >= 0.3 is 0 Å². The van der Waals surface area contributed by atoms with Crippen LogP contribution in [-0.4, -0.2) is 179 Å². The SMILES string of the molecule is COP(Cl)OCCCNC(=O)c1cc(CSC(C)=O)cc(CSC(C)=O)c1.COP(Cl)OCCCNC(=O)c1cc(SC(C)=O)cc(SC(C)=O)c1.COP(OCCCNC(=O)c1cc(CSC(C)=O)cc(CSC(C)=O)c1)N(C(C)C)C(C)C.COP(OCCCNC(=O)c1cc(SC(C)=O)cc(SC(C)=O)c1)N(C(C)C)C(C)C. The van der Waals surface area contributed by atoms with Crippen molar-refractivity contribution in [1.82, 2.24) is 30.6 Å². The summed E-state index contributed by atoms with van der Waals surface area (Å²) in [6.45, 7) is 32.2. The van der Waals surface area contributed by atoms with Crippen LogP contribution in [0.15, 0.2) is 92.4 Å². The average molecular weight is 1880 g/mol. The molecule has 40 heteroatoms. The molecule has 0 saturated carbocycles. The van der Waals surface area contributed by atoms with Gasteiger partial charge in [-0.1, -0.05) is 106 Å². The Hall–Kier alpha value is -3.18. The van der Waals surface area contributed by atoms with E-state index in [1.165, 1.54) is 117 Å². The molecule has 0 aromatic heterocycles. The van der Waals surface area contributed by atoms with Crippen molar-refractivity contribution in [2.45, 2.75) is 203 Å². The Morgan fingerprint density at radius 3 is 0.724 bits per heavy atom. The number of carbonyl (C=O) groups is 12. The molecule has 26 nitrogen and oxygen atoms in total. The summed E-state index contributed by atoms with van der Waals surface area (Å²) in [6, 6.07) is 22.3. The third kappa shape index (κ3) is 51.7. The highest BCUT2D eigenvalue weighted by Gasteiger charge is 2.28. The second-order valence-corrected chi connectivity index (χ2v) is 42.0. The predicted molar refractivity (Wildman–Crippen MR) is 483 cm³/mol. The van der Waals surface area contributed by atoms with Crippen molar-refractivity contribution in [2.24, 2.45) is 0 Å². The number of carbonyl (C=O) groups excluding carboxylic acids is 12. The van der Waals surface area contributed by atoms with E-state index < -0.39 is 32.5 Å². The van der Waals surface area contributed by atoms with Gasteiger partial charge < -0.3 is 57.5 Å². The lowest BCUT2D eigenvalue weighted by molar-refractivity contribution is -0.109. The average Bonchev–Trinajstić information content (AvgIpc) is 0.880. The minimum absolute atomic E-state index is 0.0137. The third-order valence-electron chi connectivity index (χ3n) is 14.0. The molecule has 0 aliphatic rings. The van der Waals surface area contributed by atoms with E-state index in [9.17, 15) is 57.5 Å². The summed E-state index contributed by atoms with van der Waals surface area (Å²) in [5.41, 5.74) is 5.37. The molecule has 4 N–H and O–H groups in total. The van der Waals surface area contributed by atoms with Gasteiger partial charge in [0.15, 0.2) is 40.9 Å². The van der Waals surface area contributed by atoms with E-state index in [0.717, 1.165) is 69.3 Å².